The van der Waals surface area contributed by atoms with Crippen molar-refractivity contribution in [3.63, 3.8) is 0 Å². The number of nitrogens with two attached hydrogens (primary N) is 3. The highest BCUT2D eigenvalue weighted by Gasteiger charge is 1.76. The second kappa shape index (κ2) is 4.51. The average molecular weight is 132 g/mol. The third-order valence-corrected chi connectivity index (χ3v) is 1.06. The van der Waals surface area contributed by atoms with Crippen LogP contribution in [0.5, 0.6) is 0 Å². The van der Waals surface area contributed by atoms with Crippen molar-refractivity contribution in [2.45, 2.75) is 0 Å². The van der Waals surface area contributed by atoms with E-state index < -0.39 is 0 Å². The van der Waals surface area contributed by atoms with Gasteiger partial charge in [-0.1, -0.05) is 0 Å². The van der Waals surface area contributed by atoms with Gasteiger partial charge < -0.3 is 5.73 Å². The molecule has 1 heterocycles. The van der Waals surface area contributed by atoms with Crippen LogP contribution in [0.2, 0.25) is 0 Å². The van der Waals surface area contributed by atoms with E-state index in [-0.39, 0.29) is 0 Å². The summed E-state index contributed by atoms with van der Waals surface area (Å²) in [5, 5.41) is 2.48. The van der Waals surface area contributed by atoms with E-state index in [9.17, 15) is 0 Å². The summed E-state index contributed by atoms with van der Waals surface area (Å²) in [6, 6.07) is 0. The summed E-state index contributed by atoms with van der Waals surface area (Å²) in [5.41, 5.74) is 5.19. The van der Waals surface area contributed by atoms with Gasteiger partial charge in [-0.05, 0) is 0 Å². The first-order chi connectivity index (χ1) is 3.89. The molecule has 8 heavy (non-hydrogen) atoms. The summed E-state index contributed by atoms with van der Waals surface area (Å²) < 4.78 is 0. The molecule has 0 bridgehead atoms. The number of nitrogen functional groups attached to an aromatic ring is 1. The molecule has 0 aliphatic carbocycles. The number of hydrazine groups is 1. The van der Waals surface area contributed by atoms with E-state index in [1.54, 1.807) is 6.20 Å². The number of thiazole rings is 1. The highest BCUT2D eigenvalue weighted by Crippen LogP contribution is 2.02. The van der Waals surface area contributed by atoms with Crippen LogP contribution in [0, 0.1) is 0 Å². The van der Waals surface area contributed by atoms with Gasteiger partial charge in [-0.2, -0.15) is 0 Å². The van der Waals surface area contributed by atoms with Crippen LogP contribution in [-0.4, -0.2) is 4.98 Å². The molecule has 0 aromatic carbocycles. The van der Waals surface area contributed by atoms with Gasteiger partial charge in [0, 0.05) is 11.6 Å². The first-order valence-corrected chi connectivity index (χ1v) is 2.76. The smallest absolute Gasteiger partial charge is 0.179 e. The average Bonchev–Trinajstić information content (AvgIpc) is 2.24. The standard InChI is InChI=1S/C3H4N2S.H4N2/c4-3-5-1-2-6-3;1-2/h1-2H,(H2,4,5);1-2H2. The molecular formula is C3H8N4S. The zero-order valence-corrected chi connectivity index (χ0v) is 5.06. The number of rotatable bonds is 0. The van der Waals surface area contributed by atoms with Gasteiger partial charge in [-0.15, -0.1) is 11.3 Å². The van der Waals surface area contributed by atoms with Crippen LogP contribution in [0.4, 0.5) is 5.13 Å². The van der Waals surface area contributed by atoms with Crippen molar-refractivity contribution in [2.24, 2.45) is 11.7 Å². The van der Waals surface area contributed by atoms with Crippen LogP contribution < -0.4 is 17.4 Å². The Hall–Kier alpha value is -0.650. The summed E-state index contributed by atoms with van der Waals surface area (Å²) in [7, 11) is 0. The van der Waals surface area contributed by atoms with Gasteiger partial charge in [0.15, 0.2) is 5.13 Å². The molecule has 0 saturated heterocycles. The molecule has 0 atom stereocenters. The van der Waals surface area contributed by atoms with Gasteiger partial charge in [0.05, 0.1) is 0 Å². The number of nitrogens with zero attached hydrogens (tertiary/aromatic N) is 1. The molecule has 4 nitrogen and oxygen atoms in total. The third-order valence-electron chi connectivity index (χ3n) is 0.451. The molecule has 0 fully saturated rings. The van der Waals surface area contributed by atoms with Gasteiger partial charge in [0.2, 0.25) is 0 Å². The highest BCUT2D eigenvalue weighted by atomic mass is 32.1. The molecule has 0 aliphatic rings. The Morgan fingerprint density at radius 2 is 2.12 bits per heavy atom. The van der Waals surface area contributed by atoms with E-state index in [0.717, 1.165) is 0 Å². The molecule has 1 rings (SSSR count). The summed E-state index contributed by atoms with van der Waals surface area (Å²) >= 11 is 1.44. The lowest BCUT2D eigenvalue weighted by atomic mass is 11.0. The molecule has 0 amide bonds. The Labute approximate surface area is 51.3 Å². The van der Waals surface area contributed by atoms with Gasteiger partial charge in [-0.3, -0.25) is 11.7 Å². The predicted molar refractivity (Wildman–Crippen MR) is 34.9 cm³/mol. The SMILES string of the molecule is NN.Nc1nccs1. The topological polar surface area (TPSA) is 91.0 Å². The maximum absolute atomic E-state index is 5.19. The van der Waals surface area contributed by atoms with Crippen LogP contribution >= 0.6 is 11.3 Å². The Balaban J connectivity index is 0.000000222. The van der Waals surface area contributed by atoms with Crippen molar-refractivity contribution in [3.8, 4) is 0 Å². The molecule has 0 unspecified atom stereocenters. The zero-order valence-electron chi connectivity index (χ0n) is 4.24. The van der Waals surface area contributed by atoms with Crippen molar-refractivity contribution in [1.29, 1.82) is 0 Å². The number of hydrogen-bond acceptors (Lipinski definition) is 5. The fourth-order valence-electron chi connectivity index (χ4n) is 0.234. The Morgan fingerprint density at radius 1 is 1.50 bits per heavy atom. The fourth-order valence-corrected chi connectivity index (χ4v) is 0.617. The van der Waals surface area contributed by atoms with E-state index in [4.69, 9.17) is 5.73 Å². The second-order valence-corrected chi connectivity index (χ2v) is 1.80. The highest BCUT2D eigenvalue weighted by molar-refractivity contribution is 7.13. The maximum atomic E-state index is 5.19. The summed E-state index contributed by atoms with van der Waals surface area (Å²) in [4.78, 5) is 3.71. The molecule has 0 spiro atoms. The zero-order chi connectivity index (χ0) is 6.41. The molecule has 46 valence electrons. The van der Waals surface area contributed by atoms with Crippen LogP contribution in [-0.2, 0) is 0 Å². The van der Waals surface area contributed by atoms with Crippen LogP contribution in [0.25, 0.3) is 0 Å². The lowest BCUT2D eigenvalue weighted by Crippen LogP contribution is -2.02. The molecule has 6 N–H and O–H groups in total. The van der Waals surface area contributed by atoms with Gasteiger partial charge >= 0.3 is 0 Å². The minimum Gasteiger partial charge on any atom is -0.375 e. The van der Waals surface area contributed by atoms with Crippen LogP contribution in [0.15, 0.2) is 11.6 Å². The number of anilines is 1. The van der Waals surface area contributed by atoms with E-state index >= 15 is 0 Å². The molecule has 1 aromatic rings. The summed E-state index contributed by atoms with van der Waals surface area (Å²) in [6.45, 7) is 0. The van der Waals surface area contributed by atoms with Crippen molar-refractivity contribution in [2.75, 3.05) is 5.73 Å². The fraction of sp³-hybridized carbons (Fsp3) is 0. The summed E-state index contributed by atoms with van der Waals surface area (Å²) in [6.07, 6.45) is 1.68. The summed E-state index contributed by atoms with van der Waals surface area (Å²) in [5.74, 6) is 8.00. The van der Waals surface area contributed by atoms with E-state index in [1.165, 1.54) is 11.3 Å². The maximum Gasteiger partial charge on any atom is 0.179 e. The number of hydrogen-bond donors (Lipinski definition) is 3. The second-order valence-electron chi connectivity index (χ2n) is 0.870. The first kappa shape index (κ1) is 7.35. The quantitative estimate of drug-likeness (QED) is 0.329. The largest absolute Gasteiger partial charge is 0.375 e. The van der Waals surface area contributed by atoms with Gasteiger partial charge in [-0.25, -0.2) is 4.98 Å². The molecule has 5 heteroatoms. The molecule has 0 aliphatic heterocycles. The monoisotopic (exact) mass is 132 g/mol. The van der Waals surface area contributed by atoms with E-state index in [1.807, 2.05) is 5.38 Å². The Morgan fingerprint density at radius 3 is 2.25 bits per heavy atom. The Kier molecular flexibility index (Phi) is 4.14. The lowest BCUT2D eigenvalue weighted by Gasteiger charge is -1.67. The van der Waals surface area contributed by atoms with Crippen molar-refractivity contribution in [3.05, 3.63) is 11.6 Å². The molecule has 0 radical (unpaired) electrons. The molecule has 1 aromatic heterocycles. The molecule has 0 saturated carbocycles. The van der Waals surface area contributed by atoms with Crippen LogP contribution in [0.3, 0.4) is 0 Å². The van der Waals surface area contributed by atoms with Crippen molar-refractivity contribution >= 4 is 16.5 Å². The Bertz CT molecular complexity index is 115. The normalized spacial score (nSPS) is 7.25. The first-order valence-electron chi connectivity index (χ1n) is 1.88. The minimum absolute atomic E-state index is 0.634. The predicted octanol–water partition coefficient (Wildman–Crippen LogP) is -0.456. The van der Waals surface area contributed by atoms with E-state index in [2.05, 4.69) is 16.7 Å². The van der Waals surface area contributed by atoms with Gasteiger partial charge in [0.1, 0.15) is 0 Å². The van der Waals surface area contributed by atoms with E-state index in [0.29, 0.717) is 5.13 Å². The third kappa shape index (κ3) is 2.51. The van der Waals surface area contributed by atoms with Gasteiger partial charge in [0.25, 0.3) is 0 Å². The minimum atomic E-state index is 0.634. The molecular weight excluding hydrogens is 124 g/mol. The number of aromatic nitrogens is 1. The lowest BCUT2D eigenvalue weighted by molar-refractivity contribution is 1.26. The van der Waals surface area contributed by atoms with Crippen molar-refractivity contribution < 1.29 is 0 Å². The van der Waals surface area contributed by atoms with Crippen LogP contribution in [0.1, 0.15) is 0 Å². The van der Waals surface area contributed by atoms with Crippen molar-refractivity contribution in [1.82, 2.24) is 4.98 Å².